The number of aromatic nitrogens is 1. The lowest BCUT2D eigenvalue weighted by atomic mass is 10.0. The predicted molar refractivity (Wildman–Crippen MR) is 157 cm³/mol. The van der Waals surface area contributed by atoms with E-state index >= 15 is 0 Å². The molecule has 2 aromatic rings. The molecule has 222 valence electrons. The fourth-order valence-electron chi connectivity index (χ4n) is 4.38. The fourth-order valence-corrected chi connectivity index (χ4v) is 5.44. The highest BCUT2D eigenvalue weighted by Crippen LogP contribution is 2.40. The Bertz CT molecular complexity index is 1400. The zero-order valence-electron chi connectivity index (χ0n) is 24.6. The topological polar surface area (TPSA) is 171 Å². The van der Waals surface area contributed by atoms with Crippen molar-refractivity contribution < 1.29 is 23.9 Å². The van der Waals surface area contributed by atoms with Crippen molar-refractivity contribution in [1.29, 1.82) is 10.5 Å². The Labute approximate surface area is 250 Å². The summed E-state index contributed by atoms with van der Waals surface area (Å²) in [6.45, 7) is 11.1. The summed E-state index contributed by atoms with van der Waals surface area (Å²) in [5.74, 6) is -1.09. The van der Waals surface area contributed by atoms with Gasteiger partial charge in [0.1, 0.15) is 46.0 Å². The molecule has 0 radical (unpaired) electrons. The number of nitrogens with two attached hydrogens (primary N) is 1. The number of nitrogens with one attached hydrogen (secondary N) is 1. The van der Waals surface area contributed by atoms with E-state index in [9.17, 15) is 24.9 Å². The Kier molecular flexibility index (Phi) is 10.4. The zero-order valence-corrected chi connectivity index (χ0v) is 25.4. The van der Waals surface area contributed by atoms with E-state index in [1.54, 1.807) is 63.8 Å². The SMILES string of the molecule is CCc1c(C#N)c(SC(C(N)=O)c2ccccc2)nc(N2CC(OC(=O)C(NC(=O)OC(C)(C)C)C(C)C)C2)c1C#N. The van der Waals surface area contributed by atoms with E-state index < -0.39 is 41.0 Å². The highest BCUT2D eigenvalue weighted by Gasteiger charge is 2.37. The molecule has 42 heavy (non-hydrogen) atoms. The molecule has 2 atom stereocenters. The third kappa shape index (κ3) is 7.71. The lowest BCUT2D eigenvalue weighted by molar-refractivity contribution is -0.154. The highest BCUT2D eigenvalue weighted by molar-refractivity contribution is 8.00. The van der Waals surface area contributed by atoms with Crippen LogP contribution in [-0.2, 0) is 25.5 Å². The molecule has 1 aromatic carbocycles. The summed E-state index contributed by atoms with van der Waals surface area (Å²) in [5, 5.41) is 22.1. The maximum absolute atomic E-state index is 13.0. The van der Waals surface area contributed by atoms with Gasteiger partial charge in [0, 0.05) is 0 Å². The van der Waals surface area contributed by atoms with Crippen LogP contribution in [0.15, 0.2) is 35.4 Å². The van der Waals surface area contributed by atoms with Gasteiger partial charge in [-0.15, -0.1) is 0 Å². The van der Waals surface area contributed by atoms with Gasteiger partial charge in [-0.1, -0.05) is 62.9 Å². The second-order valence-electron chi connectivity index (χ2n) is 11.2. The number of esters is 1. The van der Waals surface area contributed by atoms with Crippen LogP contribution in [0.5, 0.6) is 0 Å². The first-order chi connectivity index (χ1) is 19.8. The maximum Gasteiger partial charge on any atom is 0.408 e. The molecule has 2 heterocycles. The summed E-state index contributed by atoms with van der Waals surface area (Å²) in [6.07, 6.45) is -0.831. The third-order valence-corrected chi connectivity index (χ3v) is 7.70. The van der Waals surface area contributed by atoms with E-state index in [0.717, 1.165) is 11.8 Å². The number of rotatable bonds is 10. The monoisotopic (exact) mass is 592 g/mol. The molecule has 0 aliphatic carbocycles. The summed E-state index contributed by atoms with van der Waals surface area (Å²) in [4.78, 5) is 44.1. The van der Waals surface area contributed by atoms with Gasteiger partial charge in [0.05, 0.1) is 24.2 Å². The highest BCUT2D eigenvalue weighted by atomic mass is 32.2. The summed E-state index contributed by atoms with van der Waals surface area (Å²) in [6, 6.07) is 12.4. The van der Waals surface area contributed by atoms with Gasteiger partial charge in [-0.2, -0.15) is 10.5 Å². The normalized spacial score (nSPS) is 14.6. The number of ether oxygens (including phenoxy) is 2. The summed E-state index contributed by atoms with van der Waals surface area (Å²) in [7, 11) is 0. The number of nitrogens with zero attached hydrogens (tertiary/aromatic N) is 4. The molecule has 3 rings (SSSR count). The van der Waals surface area contributed by atoms with Gasteiger partial charge >= 0.3 is 12.1 Å². The molecule has 0 bridgehead atoms. The number of amides is 2. The molecule has 11 nitrogen and oxygen atoms in total. The van der Waals surface area contributed by atoms with Gasteiger partial charge in [0.2, 0.25) is 5.91 Å². The van der Waals surface area contributed by atoms with Crippen molar-refractivity contribution in [3.05, 3.63) is 52.6 Å². The summed E-state index contributed by atoms with van der Waals surface area (Å²) in [5.41, 5.74) is 6.67. The molecule has 1 saturated heterocycles. The molecule has 2 unspecified atom stereocenters. The van der Waals surface area contributed by atoms with Crippen LogP contribution in [0.1, 0.15) is 69.0 Å². The molecular weight excluding hydrogens is 556 g/mol. The van der Waals surface area contributed by atoms with Crippen molar-refractivity contribution in [3.63, 3.8) is 0 Å². The molecule has 0 spiro atoms. The average Bonchev–Trinajstić information content (AvgIpc) is 2.90. The first kappa shape index (κ1) is 32.2. The number of nitriles is 2. The first-order valence-corrected chi connectivity index (χ1v) is 14.5. The maximum atomic E-state index is 13.0. The molecule has 1 aliphatic heterocycles. The lowest BCUT2D eigenvalue weighted by Crippen LogP contribution is -2.56. The first-order valence-electron chi connectivity index (χ1n) is 13.6. The van der Waals surface area contributed by atoms with Gasteiger partial charge in [-0.3, -0.25) is 4.79 Å². The lowest BCUT2D eigenvalue weighted by Gasteiger charge is -2.40. The number of alkyl carbamates (subject to hydrolysis) is 1. The number of pyridine rings is 1. The van der Waals surface area contributed by atoms with Crippen LogP contribution in [0.2, 0.25) is 0 Å². The average molecular weight is 593 g/mol. The van der Waals surface area contributed by atoms with Crippen molar-refractivity contribution in [1.82, 2.24) is 10.3 Å². The second-order valence-corrected chi connectivity index (χ2v) is 12.3. The third-order valence-electron chi connectivity index (χ3n) is 6.44. The van der Waals surface area contributed by atoms with Crippen molar-refractivity contribution in [2.45, 2.75) is 76.0 Å². The fraction of sp³-hybridized carbons (Fsp3) is 0.467. The van der Waals surface area contributed by atoms with E-state index in [-0.39, 0.29) is 35.2 Å². The van der Waals surface area contributed by atoms with Crippen LogP contribution in [0, 0.1) is 28.6 Å². The van der Waals surface area contributed by atoms with E-state index in [1.165, 1.54) is 0 Å². The molecular formula is C30H36N6O5S. The van der Waals surface area contributed by atoms with Crippen LogP contribution in [0.25, 0.3) is 0 Å². The van der Waals surface area contributed by atoms with Crippen LogP contribution < -0.4 is 16.0 Å². The largest absolute Gasteiger partial charge is 0.457 e. The molecule has 2 amide bonds. The van der Waals surface area contributed by atoms with Gasteiger partial charge in [0.25, 0.3) is 0 Å². The Morgan fingerprint density at radius 2 is 1.76 bits per heavy atom. The number of hydrogen-bond donors (Lipinski definition) is 2. The smallest absolute Gasteiger partial charge is 0.408 e. The Morgan fingerprint density at radius 3 is 2.26 bits per heavy atom. The molecule has 1 aliphatic rings. The number of primary amides is 1. The van der Waals surface area contributed by atoms with Crippen molar-refractivity contribution >= 4 is 35.5 Å². The number of carbonyl (C=O) groups is 3. The van der Waals surface area contributed by atoms with Crippen LogP contribution in [0.3, 0.4) is 0 Å². The van der Waals surface area contributed by atoms with Crippen molar-refractivity contribution in [2.75, 3.05) is 18.0 Å². The summed E-state index contributed by atoms with van der Waals surface area (Å²) >= 11 is 1.06. The van der Waals surface area contributed by atoms with Crippen molar-refractivity contribution in [2.24, 2.45) is 11.7 Å². The van der Waals surface area contributed by atoms with Gasteiger partial charge in [0.15, 0.2) is 0 Å². The van der Waals surface area contributed by atoms with Gasteiger partial charge in [-0.25, -0.2) is 14.6 Å². The van der Waals surface area contributed by atoms with Crippen LogP contribution >= 0.6 is 11.8 Å². The van der Waals surface area contributed by atoms with E-state index in [2.05, 4.69) is 22.4 Å². The predicted octanol–water partition coefficient (Wildman–Crippen LogP) is 3.99. The molecule has 3 N–H and O–H groups in total. The standard InChI is InChI=1S/C30H36N6O5S/c1-7-20-21(13-31)26(35-27(22(20)14-32)42-24(25(33)37)18-11-9-8-10-12-18)36-15-19(16-36)40-28(38)23(17(2)3)34-29(39)41-30(4,5)6/h8-12,17,19,23-24H,7,15-16H2,1-6H3,(H2,33,37)(H,34,39). The van der Waals surface area contributed by atoms with E-state index in [4.69, 9.17) is 15.2 Å². The van der Waals surface area contributed by atoms with E-state index in [0.29, 0.717) is 23.4 Å². The summed E-state index contributed by atoms with van der Waals surface area (Å²) < 4.78 is 10.9. The van der Waals surface area contributed by atoms with Crippen molar-refractivity contribution in [3.8, 4) is 12.1 Å². The minimum absolute atomic E-state index is 0.224. The van der Waals surface area contributed by atoms with Crippen LogP contribution in [-0.4, -0.2) is 53.8 Å². The number of benzene rings is 1. The molecule has 0 saturated carbocycles. The number of carbonyl (C=O) groups excluding carboxylic acids is 3. The number of thioether (sulfide) groups is 1. The molecule has 1 fully saturated rings. The van der Waals surface area contributed by atoms with Crippen LogP contribution in [0.4, 0.5) is 10.6 Å². The number of anilines is 1. The van der Waals surface area contributed by atoms with Gasteiger partial charge < -0.3 is 25.4 Å². The quantitative estimate of drug-likeness (QED) is 0.304. The minimum atomic E-state index is -0.907. The molecule has 1 aromatic heterocycles. The second kappa shape index (κ2) is 13.6. The Balaban J connectivity index is 1.83. The Morgan fingerprint density at radius 1 is 1.14 bits per heavy atom. The number of hydrogen-bond acceptors (Lipinski definition) is 10. The Hall–Kier alpha value is -4.29. The van der Waals surface area contributed by atoms with E-state index in [1.807, 2.05) is 13.0 Å². The molecule has 12 heteroatoms. The van der Waals surface area contributed by atoms with Gasteiger partial charge in [-0.05, 0) is 44.2 Å². The minimum Gasteiger partial charge on any atom is -0.457 e. The zero-order chi connectivity index (χ0) is 31.2.